The predicted molar refractivity (Wildman–Crippen MR) is 134 cm³/mol. The highest BCUT2D eigenvalue weighted by atomic mass is 32.2. The largest absolute Gasteiger partial charge is 0.486 e. The van der Waals surface area contributed by atoms with Crippen molar-refractivity contribution in [2.24, 2.45) is 5.92 Å². The van der Waals surface area contributed by atoms with E-state index in [0.717, 1.165) is 12.2 Å². The van der Waals surface area contributed by atoms with Gasteiger partial charge in [0.05, 0.1) is 12.3 Å². The van der Waals surface area contributed by atoms with Crippen molar-refractivity contribution in [3.05, 3.63) is 65.7 Å². The molecule has 0 fully saturated rings. The molecule has 10 heteroatoms. The van der Waals surface area contributed by atoms with Crippen molar-refractivity contribution in [1.82, 2.24) is 20.1 Å². The molecular formula is C25H30FN5O3S. The molecule has 0 saturated heterocycles. The summed E-state index contributed by atoms with van der Waals surface area (Å²) < 4.78 is 20.8. The molecule has 186 valence electrons. The maximum atomic E-state index is 13.0. The van der Waals surface area contributed by atoms with Gasteiger partial charge in [0.25, 0.3) is 0 Å². The number of carbonyl (C=O) groups excluding carboxylic acids is 2. The third-order valence-corrected chi connectivity index (χ3v) is 5.91. The first kappa shape index (κ1) is 26.2. The first-order chi connectivity index (χ1) is 16.8. The lowest BCUT2D eigenvalue weighted by molar-refractivity contribution is -0.122. The molecule has 0 aliphatic heterocycles. The maximum Gasteiger partial charge on any atom is 0.243 e. The van der Waals surface area contributed by atoms with Gasteiger partial charge < -0.3 is 19.9 Å². The third kappa shape index (κ3) is 8.40. The molecule has 0 radical (unpaired) electrons. The number of nitrogens with zero attached hydrogens (tertiary/aromatic N) is 3. The van der Waals surface area contributed by atoms with Crippen molar-refractivity contribution in [2.45, 2.75) is 45.5 Å². The van der Waals surface area contributed by atoms with Crippen molar-refractivity contribution in [3.8, 4) is 5.75 Å². The molecule has 0 aliphatic carbocycles. The predicted octanol–water partition coefficient (Wildman–Crippen LogP) is 4.06. The van der Waals surface area contributed by atoms with Crippen molar-refractivity contribution >= 4 is 29.3 Å². The van der Waals surface area contributed by atoms with Crippen molar-refractivity contribution in [3.63, 3.8) is 0 Å². The number of anilines is 1. The van der Waals surface area contributed by atoms with Crippen LogP contribution in [0.4, 0.5) is 10.1 Å². The van der Waals surface area contributed by atoms with Gasteiger partial charge in [0, 0.05) is 12.2 Å². The molecule has 3 rings (SSSR count). The molecule has 2 aromatic carbocycles. The molecule has 0 aliphatic rings. The van der Waals surface area contributed by atoms with Crippen molar-refractivity contribution in [1.29, 1.82) is 0 Å². The summed E-state index contributed by atoms with van der Waals surface area (Å²) in [5.41, 5.74) is 1.70. The van der Waals surface area contributed by atoms with Crippen LogP contribution in [-0.4, -0.2) is 38.9 Å². The first-order valence-corrected chi connectivity index (χ1v) is 12.4. The van der Waals surface area contributed by atoms with Crippen LogP contribution in [0.5, 0.6) is 5.75 Å². The fraction of sp³-hybridized carbons (Fsp3) is 0.360. The lowest BCUT2D eigenvalue weighted by Crippen LogP contribution is -2.34. The van der Waals surface area contributed by atoms with E-state index in [-0.39, 0.29) is 30.6 Å². The molecule has 0 saturated carbocycles. The van der Waals surface area contributed by atoms with Crippen LogP contribution >= 0.6 is 11.8 Å². The number of hydrogen-bond acceptors (Lipinski definition) is 6. The topological polar surface area (TPSA) is 98.1 Å². The SMILES string of the molecule is CCc1ccc(OCc2nnc(SCC(=O)NCC(=O)Nc3ccc(F)cc3)n2CC(C)C)cc1. The van der Waals surface area contributed by atoms with Crippen LogP contribution in [0.15, 0.2) is 53.7 Å². The summed E-state index contributed by atoms with van der Waals surface area (Å²) in [5, 5.41) is 14.3. The molecule has 35 heavy (non-hydrogen) atoms. The summed E-state index contributed by atoms with van der Waals surface area (Å²) in [4.78, 5) is 24.3. The van der Waals surface area contributed by atoms with Gasteiger partial charge in [-0.2, -0.15) is 0 Å². The van der Waals surface area contributed by atoms with Crippen molar-refractivity contribution in [2.75, 3.05) is 17.6 Å². The Labute approximate surface area is 208 Å². The van der Waals surface area contributed by atoms with E-state index < -0.39 is 5.91 Å². The molecule has 0 bridgehead atoms. The van der Waals surface area contributed by atoms with Gasteiger partial charge in [0.15, 0.2) is 11.0 Å². The fourth-order valence-corrected chi connectivity index (χ4v) is 3.95. The van der Waals surface area contributed by atoms with E-state index in [2.05, 4.69) is 41.6 Å². The summed E-state index contributed by atoms with van der Waals surface area (Å²) in [5.74, 6) is 0.769. The van der Waals surface area contributed by atoms with Crippen LogP contribution in [0.1, 0.15) is 32.2 Å². The van der Waals surface area contributed by atoms with Gasteiger partial charge in [-0.1, -0.05) is 44.7 Å². The Balaban J connectivity index is 1.51. The van der Waals surface area contributed by atoms with E-state index in [1.165, 1.54) is 41.6 Å². The molecule has 8 nitrogen and oxygen atoms in total. The summed E-state index contributed by atoms with van der Waals surface area (Å²) in [7, 11) is 0. The van der Waals surface area contributed by atoms with Crippen molar-refractivity contribution < 1.29 is 18.7 Å². The molecule has 0 unspecified atom stereocenters. The zero-order chi connectivity index (χ0) is 25.2. The molecule has 2 amide bonds. The molecule has 1 heterocycles. The second kappa shape index (κ2) is 12.9. The highest BCUT2D eigenvalue weighted by Gasteiger charge is 2.16. The standard InChI is InChI=1S/C25H30FN5O3S/c1-4-18-5-11-21(12-6-18)34-15-22-29-30-25(31(22)14-17(2)3)35-16-24(33)27-13-23(32)28-20-9-7-19(26)8-10-20/h5-12,17H,4,13-16H2,1-3H3,(H,27,33)(H,28,32). The number of aromatic nitrogens is 3. The third-order valence-electron chi connectivity index (χ3n) is 4.95. The van der Waals surface area contributed by atoms with E-state index in [1.54, 1.807) is 0 Å². The molecular weight excluding hydrogens is 469 g/mol. The maximum absolute atomic E-state index is 13.0. The lowest BCUT2D eigenvalue weighted by atomic mass is 10.2. The van der Waals surface area contributed by atoms with Crippen LogP contribution in [-0.2, 0) is 29.2 Å². The van der Waals surface area contributed by atoms with Gasteiger partial charge in [0.1, 0.15) is 18.2 Å². The molecule has 3 aromatic rings. The van der Waals surface area contributed by atoms with Gasteiger partial charge in [0.2, 0.25) is 11.8 Å². The van der Waals surface area contributed by atoms with E-state index in [4.69, 9.17) is 4.74 Å². The quantitative estimate of drug-likeness (QED) is 0.365. The second-order valence-electron chi connectivity index (χ2n) is 8.31. The van der Waals surface area contributed by atoms with E-state index >= 15 is 0 Å². The second-order valence-corrected chi connectivity index (χ2v) is 9.25. The number of hydrogen-bond donors (Lipinski definition) is 2. The number of rotatable bonds is 12. The number of halogens is 1. The van der Waals surface area contributed by atoms with Gasteiger partial charge in [-0.05, 0) is 54.3 Å². The zero-order valence-electron chi connectivity index (χ0n) is 20.1. The Morgan fingerprint density at radius 2 is 1.77 bits per heavy atom. The van der Waals surface area contributed by atoms with Crippen LogP contribution in [0.25, 0.3) is 0 Å². The lowest BCUT2D eigenvalue weighted by Gasteiger charge is -2.13. The summed E-state index contributed by atoms with van der Waals surface area (Å²) in [6.07, 6.45) is 0.968. The van der Waals surface area contributed by atoms with Crippen LogP contribution < -0.4 is 15.4 Å². The average Bonchev–Trinajstić information content (AvgIpc) is 3.22. The number of amides is 2. The number of benzene rings is 2. The van der Waals surface area contributed by atoms with Crippen LogP contribution in [0.3, 0.4) is 0 Å². The van der Waals surface area contributed by atoms with E-state index in [9.17, 15) is 14.0 Å². The Morgan fingerprint density at radius 1 is 1.06 bits per heavy atom. The van der Waals surface area contributed by atoms with Gasteiger partial charge in [-0.15, -0.1) is 10.2 Å². The summed E-state index contributed by atoms with van der Waals surface area (Å²) in [6, 6.07) is 13.4. The summed E-state index contributed by atoms with van der Waals surface area (Å²) >= 11 is 1.25. The Hall–Kier alpha value is -3.40. The monoisotopic (exact) mass is 499 g/mol. The number of carbonyl (C=O) groups is 2. The Bertz CT molecular complexity index is 1120. The Kier molecular flexibility index (Phi) is 9.66. The highest BCUT2D eigenvalue weighted by molar-refractivity contribution is 7.99. The molecule has 0 spiro atoms. The fourth-order valence-electron chi connectivity index (χ4n) is 3.15. The number of ether oxygens (including phenoxy) is 1. The molecule has 2 N–H and O–H groups in total. The minimum Gasteiger partial charge on any atom is -0.486 e. The zero-order valence-corrected chi connectivity index (χ0v) is 20.9. The summed E-state index contributed by atoms with van der Waals surface area (Å²) in [6.45, 7) is 7.05. The minimum atomic E-state index is -0.399. The number of nitrogens with one attached hydrogen (secondary N) is 2. The molecule has 0 atom stereocenters. The van der Waals surface area contributed by atoms with E-state index in [1.807, 2.05) is 28.8 Å². The average molecular weight is 500 g/mol. The van der Waals surface area contributed by atoms with Gasteiger partial charge in [-0.25, -0.2) is 4.39 Å². The first-order valence-electron chi connectivity index (χ1n) is 11.4. The van der Waals surface area contributed by atoms with Gasteiger partial charge in [-0.3, -0.25) is 9.59 Å². The number of aryl methyl sites for hydroxylation is 1. The van der Waals surface area contributed by atoms with Crippen LogP contribution in [0.2, 0.25) is 0 Å². The van der Waals surface area contributed by atoms with Crippen LogP contribution in [0, 0.1) is 11.7 Å². The minimum absolute atomic E-state index is 0.0827. The number of thioether (sulfide) groups is 1. The molecule has 1 aromatic heterocycles. The Morgan fingerprint density at radius 3 is 2.43 bits per heavy atom. The van der Waals surface area contributed by atoms with E-state index in [0.29, 0.717) is 29.1 Å². The normalized spacial score (nSPS) is 10.9. The van der Waals surface area contributed by atoms with Gasteiger partial charge >= 0.3 is 0 Å². The highest BCUT2D eigenvalue weighted by Crippen LogP contribution is 2.20. The smallest absolute Gasteiger partial charge is 0.243 e.